The van der Waals surface area contributed by atoms with Crippen LogP contribution in [-0.2, 0) is 4.79 Å². The molecule has 0 bridgehead atoms. The highest BCUT2D eigenvalue weighted by Crippen LogP contribution is 2.20. The van der Waals surface area contributed by atoms with E-state index in [1.807, 2.05) is 0 Å². The molecule has 0 atom stereocenters. The van der Waals surface area contributed by atoms with E-state index in [1.165, 1.54) is 19.4 Å². The van der Waals surface area contributed by atoms with Gasteiger partial charge in [-0.15, -0.1) is 0 Å². The van der Waals surface area contributed by atoms with E-state index in [0.29, 0.717) is 12.2 Å². The van der Waals surface area contributed by atoms with E-state index in [-0.39, 0.29) is 22.9 Å². The molecule has 22 heavy (non-hydrogen) atoms. The van der Waals surface area contributed by atoms with Gasteiger partial charge in [-0.2, -0.15) is 5.10 Å². The smallest absolute Gasteiger partial charge is 0.348 e. The number of hydrogen-bond acceptors (Lipinski definition) is 5. The average molecular weight is 304 g/mol. The summed E-state index contributed by atoms with van der Waals surface area (Å²) < 4.78 is 4.92. The normalized spacial score (nSPS) is 15.4. The summed E-state index contributed by atoms with van der Waals surface area (Å²) >= 11 is 0. The Labute approximate surface area is 128 Å². The SMILES string of the molecule is C/C(=N\NC(=O)CC1=CCCCC1)c1c(O)cc(C)oc1=O. The zero-order chi connectivity index (χ0) is 16.1. The number of hydrogen-bond donors (Lipinski definition) is 2. The van der Waals surface area contributed by atoms with Crippen molar-refractivity contribution >= 4 is 11.6 Å². The molecule has 6 heteroatoms. The standard InChI is InChI=1S/C16H20N2O4/c1-10-8-13(19)15(16(21)22-10)11(2)17-18-14(20)9-12-6-4-3-5-7-12/h6,8,19H,3-5,7,9H2,1-2H3,(H,18,20)/b17-11+. The van der Waals surface area contributed by atoms with Crippen LogP contribution in [0.4, 0.5) is 0 Å². The van der Waals surface area contributed by atoms with Gasteiger partial charge in [-0.1, -0.05) is 11.6 Å². The lowest BCUT2D eigenvalue weighted by molar-refractivity contribution is -0.120. The van der Waals surface area contributed by atoms with E-state index in [1.54, 1.807) is 6.92 Å². The van der Waals surface area contributed by atoms with Crippen LogP contribution >= 0.6 is 0 Å². The molecule has 6 nitrogen and oxygen atoms in total. The van der Waals surface area contributed by atoms with E-state index in [4.69, 9.17) is 4.42 Å². The minimum atomic E-state index is -0.678. The maximum absolute atomic E-state index is 11.8. The number of rotatable bonds is 4. The van der Waals surface area contributed by atoms with Gasteiger partial charge in [-0.05, 0) is 39.5 Å². The number of aryl methyl sites for hydroxylation is 1. The molecule has 1 amide bonds. The molecular formula is C16H20N2O4. The molecule has 0 spiro atoms. The first kappa shape index (κ1) is 16.0. The first-order valence-electron chi connectivity index (χ1n) is 7.32. The predicted molar refractivity (Wildman–Crippen MR) is 82.9 cm³/mol. The topological polar surface area (TPSA) is 91.9 Å². The predicted octanol–water partition coefficient (Wildman–Crippen LogP) is 2.38. The summed E-state index contributed by atoms with van der Waals surface area (Å²) in [5, 5.41) is 13.7. The lowest BCUT2D eigenvalue weighted by atomic mass is 9.97. The third kappa shape index (κ3) is 4.07. The third-order valence-corrected chi connectivity index (χ3v) is 3.54. The Morgan fingerprint density at radius 3 is 2.86 bits per heavy atom. The Hall–Kier alpha value is -2.37. The quantitative estimate of drug-likeness (QED) is 0.507. The second kappa shape index (κ2) is 7.06. The number of carbonyl (C=O) groups is 1. The molecule has 0 saturated carbocycles. The van der Waals surface area contributed by atoms with Crippen LogP contribution in [0.25, 0.3) is 0 Å². The van der Waals surface area contributed by atoms with E-state index in [9.17, 15) is 14.7 Å². The molecule has 0 radical (unpaired) electrons. The number of amides is 1. The van der Waals surface area contributed by atoms with Crippen LogP contribution in [-0.4, -0.2) is 16.7 Å². The minimum absolute atomic E-state index is 0.0391. The summed E-state index contributed by atoms with van der Waals surface area (Å²) in [4.78, 5) is 23.6. The van der Waals surface area contributed by atoms with Gasteiger partial charge in [0.15, 0.2) is 0 Å². The van der Waals surface area contributed by atoms with Crippen LogP contribution in [0.15, 0.2) is 32.0 Å². The molecule has 2 rings (SSSR count). The first-order chi connectivity index (χ1) is 10.5. The molecule has 1 aliphatic carbocycles. The Kier molecular flexibility index (Phi) is 5.14. The van der Waals surface area contributed by atoms with E-state index in [2.05, 4.69) is 16.6 Å². The maximum Gasteiger partial charge on any atom is 0.348 e. The summed E-state index contributed by atoms with van der Waals surface area (Å²) in [6, 6.07) is 1.34. The van der Waals surface area contributed by atoms with Gasteiger partial charge in [-0.3, -0.25) is 4.79 Å². The zero-order valence-electron chi connectivity index (χ0n) is 12.8. The molecule has 1 aromatic rings. The van der Waals surface area contributed by atoms with Crippen molar-refractivity contribution in [1.29, 1.82) is 0 Å². The molecule has 0 fully saturated rings. The zero-order valence-corrected chi connectivity index (χ0v) is 12.8. The number of allylic oxidation sites excluding steroid dienone is 1. The Morgan fingerprint density at radius 1 is 1.45 bits per heavy atom. The van der Waals surface area contributed by atoms with Crippen LogP contribution in [0, 0.1) is 6.92 Å². The number of aromatic hydroxyl groups is 1. The Bertz CT molecular complexity index is 686. The van der Waals surface area contributed by atoms with Crippen molar-refractivity contribution in [2.24, 2.45) is 5.10 Å². The second-order valence-corrected chi connectivity index (χ2v) is 5.42. The number of hydrazone groups is 1. The highest BCUT2D eigenvalue weighted by atomic mass is 16.4. The van der Waals surface area contributed by atoms with Gasteiger partial charge < -0.3 is 9.52 Å². The van der Waals surface area contributed by atoms with Gasteiger partial charge in [0, 0.05) is 12.5 Å². The van der Waals surface area contributed by atoms with Crippen LogP contribution in [0.5, 0.6) is 5.75 Å². The first-order valence-corrected chi connectivity index (χ1v) is 7.32. The van der Waals surface area contributed by atoms with Crippen LogP contribution in [0.1, 0.15) is 50.4 Å². The molecule has 0 unspecified atom stereocenters. The summed E-state index contributed by atoms with van der Waals surface area (Å²) in [5.74, 6) is -0.130. The lowest BCUT2D eigenvalue weighted by Gasteiger charge is -2.11. The van der Waals surface area contributed by atoms with Crippen molar-refractivity contribution in [1.82, 2.24) is 5.43 Å². The highest BCUT2D eigenvalue weighted by molar-refractivity contribution is 6.01. The van der Waals surface area contributed by atoms with E-state index in [0.717, 1.165) is 24.8 Å². The molecule has 118 valence electrons. The van der Waals surface area contributed by atoms with Crippen LogP contribution in [0.3, 0.4) is 0 Å². The average Bonchev–Trinajstić information content (AvgIpc) is 2.45. The fraction of sp³-hybridized carbons (Fsp3) is 0.438. The van der Waals surface area contributed by atoms with Gasteiger partial charge in [0.1, 0.15) is 17.1 Å². The van der Waals surface area contributed by atoms with Crippen molar-refractivity contribution in [2.45, 2.75) is 46.0 Å². The van der Waals surface area contributed by atoms with Crippen molar-refractivity contribution < 1.29 is 14.3 Å². The van der Waals surface area contributed by atoms with E-state index >= 15 is 0 Å². The molecule has 1 heterocycles. The summed E-state index contributed by atoms with van der Waals surface area (Å²) in [5.41, 5.74) is 3.02. The largest absolute Gasteiger partial charge is 0.507 e. The number of nitrogens with one attached hydrogen (secondary N) is 1. The molecule has 1 aliphatic rings. The van der Waals surface area contributed by atoms with Crippen LogP contribution in [0.2, 0.25) is 0 Å². The third-order valence-electron chi connectivity index (χ3n) is 3.54. The Morgan fingerprint density at radius 2 is 2.23 bits per heavy atom. The summed E-state index contributed by atoms with van der Waals surface area (Å²) in [6.45, 7) is 3.10. The van der Waals surface area contributed by atoms with Crippen molar-refractivity contribution in [3.8, 4) is 5.75 Å². The number of nitrogens with zero attached hydrogens (tertiary/aromatic N) is 1. The van der Waals surface area contributed by atoms with Crippen molar-refractivity contribution in [3.05, 3.63) is 39.5 Å². The fourth-order valence-corrected chi connectivity index (χ4v) is 2.44. The fourth-order valence-electron chi connectivity index (χ4n) is 2.44. The summed E-state index contributed by atoms with van der Waals surface area (Å²) in [7, 11) is 0. The lowest BCUT2D eigenvalue weighted by Crippen LogP contribution is -2.22. The van der Waals surface area contributed by atoms with Crippen molar-refractivity contribution in [3.63, 3.8) is 0 Å². The molecule has 0 saturated heterocycles. The highest BCUT2D eigenvalue weighted by Gasteiger charge is 2.14. The maximum atomic E-state index is 11.8. The van der Waals surface area contributed by atoms with Gasteiger partial charge in [-0.25, -0.2) is 10.2 Å². The van der Waals surface area contributed by atoms with Crippen LogP contribution < -0.4 is 11.1 Å². The van der Waals surface area contributed by atoms with Gasteiger partial charge in [0.25, 0.3) is 0 Å². The minimum Gasteiger partial charge on any atom is -0.507 e. The molecule has 0 aliphatic heterocycles. The van der Waals surface area contributed by atoms with Gasteiger partial charge >= 0.3 is 5.63 Å². The summed E-state index contributed by atoms with van der Waals surface area (Å²) in [6.07, 6.45) is 6.65. The second-order valence-electron chi connectivity index (χ2n) is 5.42. The molecule has 1 aromatic heterocycles. The molecular weight excluding hydrogens is 284 g/mol. The van der Waals surface area contributed by atoms with Gasteiger partial charge in [0.2, 0.25) is 5.91 Å². The molecule has 0 aromatic carbocycles. The van der Waals surface area contributed by atoms with Crippen molar-refractivity contribution in [2.75, 3.05) is 0 Å². The Balaban J connectivity index is 2.05. The van der Waals surface area contributed by atoms with Gasteiger partial charge in [0.05, 0.1) is 5.71 Å². The number of carbonyl (C=O) groups excluding carboxylic acids is 1. The molecule has 2 N–H and O–H groups in total. The monoisotopic (exact) mass is 304 g/mol. The van der Waals surface area contributed by atoms with E-state index < -0.39 is 5.63 Å².